The third-order valence-electron chi connectivity index (χ3n) is 2.26. The SMILES string of the molecule is C=COC(=O)Oc1ccccc1-c1[c]cccc1. The summed E-state index contributed by atoms with van der Waals surface area (Å²) in [4.78, 5) is 11.3. The van der Waals surface area contributed by atoms with E-state index >= 15 is 0 Å². The van der Waals surface area contributed by atoms with Crippen LogP contribution in [0.25, 0.3) is 11.1 Å². The van der Waals surface area contributed by atoms with E-state index < -0.39 is 6.16 Å². The Morgan fingerprint density at radius 2 is 1.94 bits per heavy atom. The van der Waals surface area contributed by atoms with Gasteiger partial charge in [0.25, 0.3) is 0 Å². The maximum Gasteiger partial charge on any atom is 0.518 e. The van der Waals surface area contributed by atoms with E-state index in [-0.39, 0.29) is 0 Å². The summed E-state index contributed by atoms with van der Waals surface area (Å²) in [5, 5.41) is 0. The Morgan fingerprint density at radius 3 is 2.67 bits per heavy atom. The lowest BCUT2D eigenvalue weighted by Crippen LogP contribution is -2.07. The van der Waals surface area contributed by atoms with Crippen LogP contribution in [0.15, 0.2) is 61.4 Å². The molecule has 18 heavy (non-hydrogen) atoms. The first-order valence-electron chi connectivity index (χ1n) is 5.37. The average Bonchev–Trinajstić information content (AvgIpc) is 2.40. The Morgan fingerprint density at radius 1 is 1.17 bits per heavy atom. The second-order valence-corrected chi connectivity index (χ2v) is 3.41. The van der Waals surface area contributed by atoms with E-state index in [1.807, 2.05) is 30.3 Å². The summed E-state index contributed by atoms with van der Waals surface area (Å²) in [6.07, 6.45) is 0.216. The maximum absolute atomic E-state index is 11.3. The molecule has 0 atom stereocenters. The van der Waals surface area contributed by atoms with Crippen LogP contribution in [0.1, 0.15) is 0 Å². The van der Waals surface area contributed by atoms with Crippen molar-refractivity contribution in [2.75, 3.05) is 0 Å². The molecule has 1 radical (unpaired) electrons. The van der Waals surface area contributed by atoms with Crippen molar-refractivity contribution in [3.63, 3.8) is 0 Å². The van der Waals surface area contributed by atoms with Gasteiger partial charge in [-0.15, -0.1) is 0 Å². The Kier molecular flexibility index (Phi) is 3.76. The summed E-state index contributed by atoms with van der Waals surface area (Å²) in [6, 6.07) is 17.7. The molecule has 0 unspecified atom stereocenters. The smallest absolute Gasteiger partial charge is 0.403 e. The fourth-order valence-corrected chi connectivity index (χ4v) is 1.52. The summed E-state index contributed by atoms with van der Waals surface area (Å²) >= 11 is 0. The molecule has 89 valence electrons. The van der Waals surface area contributed by atoms with Crippen molar-refractivity contribution < 1.29 is 14.3 Å². The van der Waals surface area contributed by atoms with Crippen LogP contribution in [0, 0.1) is 6.07 Å². The molecule has 2 rings (SSSR count). The van der Waals surface area contributed by atoms with Gasteiger partial charge in [0.2, 0.25) is 0 Å². The number of hydrogen-bond donors (Lipinski definition) is 0. The van der Waals surface area contributed by atoms with Gasteiger partial charge >= 0.3 is 6.16 Å². The summed E-state index contributed by atoms with van der Waals surface area (Å²) in [5.41, 5.74) is 1.62. The van der Waals surface area contributed by atoms with Crippen molar-refractivity contribution in [1.82, 2.24) is 0 Å². The Bertz CT molecular complexity index is 547. The molecule has 0 heterocycles. The minimum absolute atomic E-state index is 0.423. The fourth-order valence-electron chi connectivity index (χ4n) is 1.52. The molecule has 0 saturated carbocycles. The molecule has 0 fully saturated rings. The van der Waals surface area contributed by atoms with E-state index in [0.29, 0.717) is 5.75 Å². The first-order chi connectivity index (χ1) is 8.81. The van der Waals surface area contributed by atoms with Crippen LogP contribution in [0.2, 0.25) is 0 Å². The first-order valence-corrected chi connectivity index (χ1v) is 5.37. The van der Waals surface area contributed by atoms with Gasteiger partial charge < -0.3 is 9.47 Å². The van der Waals surface area contributed by atoms with E-state index in [9.17, 15) is 4.79 Å². The lowest BCUT2D eigenvalue weighted by Gasteiger charge is -2.08. The van der Waals surface area contributed by atoms with Crippen molar-refractivity contribution >= 4 is 6.16 Å². The Hall–Kier alpha value is -2.55. The highest BCUT2D eigenvalue weighted by molar-refractivity contribution is 5.74. The molecule has 0 spiro atoms. The van der Waals surface area contributed by atoms with Gasteiger partial charge in [0, 0.05) is 5.56 Å². The van der Waals surface area contributed by atoms with Gasteiger partial charge in [0.15, 0.2) is 0 Å². The first kappa shape index (κ1) is 11.9. The molecule has 0 saturated heterocycles. The van der Waals surface area contributed by atoms with Crippen LogP contribution < -0.4 is 4.74 Å². The molecule has 0 N–H and O–H groups in total. The van der Waals surface area contributed by atoms with Gasteiger partial charge in [0.05, 0.1) is 6.26 Å². The van der Waals surface area contributed by atoms with Gasteiger partial charge in [-0.2, -0.15) is 0 Å². The number of hydrogen-bond acceptors (Lipinski definition) is 3. The lowest BCUT2D eigenvalue weighted by molar-refractivity contribution is 0.136. The van der Waals surface area contributed by atoms with Gasteiger partial charge in [-0.05, 0) is 17.7 Å². The van der Waals surface area contributed by atoms with Crippen LogP contribution in [-0.2, 0) is 4.74 Å². The van der Waals surface area contributed by atoms with Crippen LogP contribution in [0.4, 0.5) is 4.79 Å². The van der Waals surface area contributed by atoms with Gasteiger partial charge in [0.1, 0.15) is 5.75 Å². The second-order valence-electron chi connectivity index (χ2n) is 3.41. The highest BCUT2D eigenvalue weighted by Crippen LogP contribution is 2.29. The number of rotatable bonds is 3. The summed E-state index contributed by atoms with van der Waals surface area (Å²) in [7, 11) is 0. The lowest BCUT2D eigenvalue weighted by atomic mass is 10.1. The van der Waals surface area contributed by atoms with Crippen LogP contribution in [-0.4, -0.2) is 6.16 Å². The third kappa shape index (κ3) is 2.77. The minimum Gasteiger partial charge on any atom is -0.403 e. The Labute approximate surface area is 105 Å². The van der Waals surface area contributed by atoms with E-state index in [0.717, 1.165) is 17.4 Å². The van der Waals surface area contributed by atoms with E-state index in [1.165, 1.54) is 0 Å². The second kappa shape index (κ2) is 5.68. The van der Waals surface area contributed by atoms with Crippen molar-refractivity contribution in [2.24, 2.45) is 0 Å². The number of carbonyl (C=O) groups excluding carboxylic acids is 1. The van der Waals surface area contributed by atoms with Gasteiger partial charge in [-0.25, -0.2) is 4.79 Å². The van der Waals surface area contributed by atoms with Gasteiger partial charge in [-0.3, -0.25) is 0 Å². The molecule has 3 nitrogen and oxygen atoms in total. The predicted octanol–water partition coefficient (Wildman–Crippen LogP) is 3.81. The number of ether oxygens (including phenoxy) is 2. The van der Waals surface area contributed by atoms with Crippen LogP contribution >= 0.6 is 0 Å². The van der Waals surface area contributed by atoms with Crippen molar-refractivity contribution in [1.29, 1.82) is 0 Å². The number of para-hydroxylation sites is 1. The molecular formula is C15H11O3. The molecule has 0 aliphatic rings. The summed E-state index contributed by atoms with van der Waals surface area (Å²) in [5.74, 6) is 0.423. The quantitative estimate of drug-likeness (QED) is 0.464. The van der Waals surface area contributed by atoms with E-state index in [4.69, 9.17) is 4.74 Å². The monoisotopic (exact) mass is 239 g/mol. The summed E-state index contributed by atoms with van der Waals surface area (Å²) in [6.45, 7) is 3.29. The molecule has 0 aliphatic carbocycles. The maximum atomic E-state index is 11.3. The average molecular weight is 239 g/mol. The summed E-state index contributed by atoms with van der Waals surface area (Å²) < 4.78 is 9.62. The molecule has 0 aromatic heterocycles. The molecule has 2 aromatic carbocycles. The highest BCUT2D eigenvalue weighted by atomic mass is 16.7. The third-order valence-corrected chi connectivity index (χ3v) is 2.26. The molecular weight excluding hydrogens is 228 g/mol. The number of benzene rings is 2. The Balaban J connectivity index is 2.32. The van der Waals surface area contributed by atoms with E-state index in [1.54, 1.807) is 18.2 Å². The topological polar surface area (TPSA) is 35.5 Å². The minimum atomic E-state index is -0.812. The molecule has 3 heteroatoms. The van der Waals surface area contributed by atoms with Crippen molar-refractivity contribution in [3.8, 4) is 16.9 Å². The predicted molar refractivity (Wildman–Crippen MR) is 68.0 cm³/mol. The zero-order chi connectivity index (χ0) is 12.8. The normalized spacial score (nSPS) is 9.56. The number of carbonyl (C=O) groups is 1. The highest BCUT2D eigenvalue weighted by Gasteiger charge is 2.10. The molecule has 0 aliphatic heterocycles. The largest absolute Gasteiger partial charge is 0.518 e. The zero-order valence-corrected chi connectivity index (χ0v) is 9.63. The standard InChI is InChI=1S/C15H11O3/c1-2-17-15(16)18-14-11-7-6-10-13(14)12-8-4-3-5-9-12/h2-8,10-11H,1H2. The van der Waals surface area contributed by atoms with Crippen molar-refractivity contribution in [3.05, 3.63) is 67.4 Å². The van der Waals surface area contributed by atoms with Crippen LogP contribution in [0.3, 0.4) is 0 Å². The zero-order valence-electron chi connectivity index (χ0n) is 9.63. The van der Waals surface area contributed by atoms with E-state index in [2.05, 4.69) is 17.4 Å². The van der Waals surface area contributed by atoms with Crippen molar-refractivity contribution in [2.45, 2.75) is 0 Å². The molecule has 0 bridgehead atoms. The fraction of sp³-hybridized carbons (Fsp3) is 0. The molecule has 0 amide bonds. The van der Waals surface area contributed by atoms with Gasteiger partial charge in [-0.1, -0.05) is 49.0 Å². The molecule has 2 aromatic rings. The van der Waals surface area contributed by atoms with Crippen LogP contribution in [0.5, 0.6) is 5.75 Å².